The molecule has 2 rings (SSSR count). The monoisotopic (exact) mass is 370 g/mol. The van der Waals surface area contributed by atoms with E-state index in [-0.39, 0.29) is 17.5 Å². The van der Waals surface area contributed by atoms with Gasteiger partial charge in [-0.1, -0.05) is 12.1 Å². The molecule has 0 saturated heterocycles. The van der Waals surface area contributed by atoms with Gasteiger partial charge in [0.25, 0.3) is 11.8 Å². The number of carbonyl (C=O) groups excluding carboxylic acids is 2. The maximum Gasteiger partial charge on any atom is 0.269 e. The van der Waals surface area contributed by atoms with Gasteiger partial charge in [-0.05, 0) is 58.3 Å². The van der Waals surface area contributed by atoms with E-state index in [0.29, 0.717) is 30.2 Å². The summed E-state index contributed by atoms with van der Waals surface area (Å²) in [7, 11) is 3.96. The van der Waals surface area contributed by atoms with E-state index in [1.165, 1.54) is 12.3 Å². The van der Waals surface area contributed by atoms with E-state index < -0.39 is 0 Å². The number of pyridine rings is 1. The highest BCUT2D eigenvalue weighted by atomic mass is 16.5. The zero-order valence-electron chi connectivity index (χ0n) is 16.0. The highest BCUT2D eigenvalue weighted by Gasteiger charge is 2.13. The van der Waals surface area contributed by atoms with E-state index in [1.807, 2.05) is 33.2 Å². The number of nitrogens with zero attached hydrogens (tertiary/aromatic N) is 2. The molecule has 7 heteroatoms. The topological polar surface area (TPSA) is 83.6 Å². The number of anilines is 1. The van der Waals surface area contributed by atoms with Crippen LogP contribution in [-0.2, 0) is 0 Å². The minimum Gasteiger partial charge on any atom is -0.492 e. The number of aromatic nitrogens is 1. The number of carbonyl (C=O) groups is 2. The first kappa shape index (κ1) is 20.4. The summed E-state index contributed by atoms with van der Waals surface area (Å²) in [5.41, 5.74) is 1.15. The largest absolute Gasteiger partial charge is 0.492 e. The number of ether oxygens (including phenoxy) is 1. The number of hydrogen-bond acceptors (Lipinski definition) is 5. The minimum atomic E-state index is -0.328. The van der Waals surface area contributed by atoms with Crippen LogP contribution in [0, 0.1) is 0 Å². The molecule has 0 fully saturated rings. The summed E-state index contributed by atoms with van der Waals surface area (Å²) in [4.78, 5) is 30.9. The fourth-order valence-electron chi connectivity index (χ4n) is 2.43. The maximum atomic E-state index is 12.5. The van der Waals surface area contributed by atoms with Crippen LogP contribution >= 0.6 is 0 Å². The van der Waals surface area contributed by atoms with Crippen molar-refractivity contribution in [2.75, 3.05) is 39.1 Å². The normalized spacial score (nSPS) is 10.5. The second kappa shape index (κ2) is 10.3. The predicted octanol–water partition coefficient (Wildman–Crippen LogP) is 2.41. The number of hydrogen-bond donors (Lipinski definition) is 2. The van der Waals surface area contributed by atoms with Crippen LogP contribution in [0.4, 0.5) is 5.69 Å². The van der Waals surface area contributed by atoms with Crippen LogP contribution in [0.2, 0.25) is 0 Å². The molecule has 1 aromatic carbocycles. The molecule has 144 valence electrons. The molecule has 1 aromatic heterocycles. The quantitative estimate of drug-likeness (QED) is 0.663. The lowest BCUT2D eigenvalue weighted by Crippen LogP contribution is -2.28. The molecule has 27 heavy (non-hydrogen) atoms. The van der Waals surface area contributed by atoms with Crippen LogP contribution in [0.15, 0.2) is 42.6 Å². The van der Waals surface area contributed by atoms with Crippen molar-refractivity contribution >= 4 is 17.5 Å². The van der Waals surface area contributed by atoms with Gasteiger partial charge >= 0.3 is 0 Å². The Balaban J connectivity index is 2.02. The molecule has 0 bridgehead atoms. The zero-order chi connectivity index (χ0) is 19.6. The zero-order valence-corrected chi connectivity index (χ0v) is 16.0. The molecule has 1 heterocycles. The van der Waals surface area contributed by atoms with Gasteiger partial charge < -0.3 is 20.3 Å². The summed E-state index contributed by atoms with van der Waals surface area (Å²) in [5.74, 6) is -0.0226. The van der Waals surface area contributed by atoms with E-state index in [1.54, 1.807) is 18.2 Å². The lowest BCUT2D eigenvalue weighted by atomic mass is 10.2. The second-order valence-electron chi connectivity index (χ2n) is 6.23. The van der Waals surface area contributed by atoms with Gasteiger partial charge in [-0.25, -0.2) is 0 Å². The molecule has 0 radical (unpaired) electrons. The Labute approximate surface area is 159 Å². The van der Waals surface area contributed by atoms with Gasteiger partial charge in [0.1, 0.15) is 11.4 Å². The summed E-state index contributed by atoms with van der Waals surface area (Å²) in [6.45, 7) is 3.82. The number of nitrogens with one attached hydrogen (secondary N) is 2. The molecule has 0 spiro atoms. The number of benzene rings is 1. The van der Waals surface area contributed by atoms with Crippen LogP contribution in [0.25, 0.3) is 0 Å². The van der Waals surface area contributed by atoms with Crippen molar-refractivity contribution in [3.8, 4) is 5.75 Å². The average Bonchev–Trinajstić information content (AvgIpc) is 2.66. The van der Waals surface area contributed by atoms with E-state index in [2.05, 4.69) is 20.5 Å². The summed E-state index contributed by atoms with van der Waals surface area (Å²) >= 11 is 0. The first-order valence-corrected chi connectivity index (χ1v) is 8.93. The lowest BCUT2D eigenvalue weighted by molar-refractivity contribution is 0.0947. The smallest absolute Gasteiger partial charge is 0.269 e. The van der Waals surface area contributed by atoms with E-state index in [9.17, 15) is 9.59 Å². The Morgan fingerprint density at radius 2 is 1.93 bits per heavy atom. The molecule has 2 amide bonds. The molecule has 0 aliphatic carbocycles. The van der Waals surface area contributed by atoms with E-state index >= 15 is 0 Å². The predicted molar refractivity (Wildman–Crippen MR) is 105 cm³/mol. The number of amides is 2. The van der Waals surface area contributed by atoms with Crippen molar-refractivity contribution in [1.82, 2.24) is 15.2 Å². The molecule has 2 aromatic rings. The number of rotatable bonds is 9. The molecule has 0 aliphatic rings. The molecule has 2 N–H and O–H groups in total. The fourth-order valence-corrected chi connectivity index (χ4v) is 2.43. The van der Waals surface area contributed by atoms with Gasteiger partial charge in [-0.3, -0.25) is 14.6 Å². The summed E-state index contributed by atoms with van der Waals surface area (Å²) < 4.78 is 5.51. The van der Waals surface area contributed by atoms with Crippen LogP contribution in [0.5, 0.6) is 5.75 Å². The lowest BCUT2D eigenvalue weighted by Gasteiger charge is -2.12. The number of para-hydroxylation sites is 2. The fraction of sp³-hybridized carbons (Fsp3) is 0.350. The van der Waals surface area contributed by atoms with Crippen LogP contribution in [0.1, 0.15) is 34.2 Å². The molecular formula is C20H26N4O3. The third kappa shape index (κ3) is 6.38. The molecule has 7 nitrogen and oxygen atoms in total. The summed E-state index contributed by atoms with van der Waals surface area (Å²) in [6.07, 6.45) is 2.30. The highest BCUT2D eigenvalue weighted by Crippen LogP contribution is 2.24. The van der Waals surface area contributed by atoms with Crippen molar-refractivity contribution in [2.24, 2.45) is 0 Å². The van der Waals surface area contributed by atoms with Gasteiger partial charge in [0.05, 0.1) is 12.3 Å². The first-order chi connectivity index (χ1) is 13.0. The van der Waals surface area contributed by atoms with E-state index in [4.69, 9.17) is 4.74 Å². The summed E-state index contributed by atoms with van der Waals surface area (Å²) in [6, 6.07) is 10.3. The van der Waals surface area contributed by atoms with Crippen molar-refractivity contribution in [1.29, 1.82) is 0 Å². The third-order valence-corrected chi connectivity index (χ3v) is 3.76. The van der Waals surface area contributed by atoms with Crippen molar-refractivity contribution in [3.05, 3.63) is 53.9 Å². The molecule has 0 unspecified atom stereocenters. The Kier molecular flexibility index (Phi) is 7.76. The minimum absolute atomic E-state index is 0.214. The Hall–Kier alpha value is -2.93. The van der Waals surface area contributed by atoms with Crippen LogP contribution < -0.4 is 15.4 Å². The molecule has 0 aliphatic heterocycles. The van der Waals surface area contributed by atoms with Gasteiger partial charge in [0, 0.05) is 18.3 Å². The van der Waals surface area contributed by atoms with Crippen molar-refractivity contribution in [2.45, 2.75) is 13.3 Å². The average molecular weight is 370 g/mol. The van der Waals surface area contributed by atoms with Crippen molar-refractivity contribution in [3.63, 3.8) is 0 Å². The molecular weight excluding hydrogens is 344 g/mol. The van der Waals surface area contributed by atoms with E-state index in [0.717, 1.165) is 13.0 Å². The van der Waals surface area contributed by atoms with Gasteiger partial charge in [-0.2, -0.15) is 0 Å². The van der Waals surface area contributed by atoms with Crippen molar-refractivity contribution < 1.29 is 14.3 Å². The maximum absolute atomic E-state index is 12.5. The SMILES string of the molecule is CCOc1ccccc1NC(=O)c1ccnc(C(=O)NCCCN(C)C)c1. The van der Waals surface area contributed by atoms with Gasteiger partial charge in [-0.15, -0.1) is 0 Å². The summed E-state index contributed by atoms with van der Waals surface area (Å²) in [5, 5.41) is 5.63. The highest BCUT2D eigenvalue weighted by molar-refractivity contribution is 6.06. The van der Waals surface area contributed by atoms with Gasteiger partial charge in [0.2, 0.25) is 0 Å². The van der Waals surface area contributed by atoms with Gasteiger partial charge in [0.15, 0.2) is 0 Å². The molecule has 0 atom stereocenters. The Bertz CT molecular complexity index is 777. The Morgan fingerprint density at radius 3 is 2.67 bits per heavy atom. The third-order valence-electron chi connectivity index (χ3n) is 3.76. The van der Waals surface area contributed by atoms with Crippen LogP contribution in [0.3, 0.4) is 0 Å². The first-order valence-electron chi connectivity index (χ1n) is 8.93. The Morgan fingerprint density at radius 1 is 1.15 bits per heavy atom. The molecule has 0 saturated carbocycles. The standard InChI is InChI=1S/C20H26N4O3/c1-4-27-18-9-6-5-8-16(18)23-19(25)15-10-12-21-17(14-15)20(26)22-11-7-13-24(2)3/h5-6,8-10,12,14H,4,7,11,13H2,1-3H3,(H,22,26)(H,23,25). The second-order valence-corrected chi connectivity index (χ2v) is 6.23. The van der Waals surface area contributed by atoms with Crippen LogP contribution in [-0.4, -0.2) is 55.5 Å².